The van der Waals surface area contributed by atoms with Crippen molar-refractivity contribution in [2.45, 2.75) is 27.5 Å². The molecule has 1 unspecified atom stereocenters. The first-order valence-electron chi connectivity index (χ1n) is 11.4. The third-order valence-corrected chi connectivity index (χ3v) is 10.4. The Morgan fingerprint density at radius 2 is 1.75 bits per heavy atom. The van der Waals surface area contributed by atoms with Crippen molar-refractivity contribution in [3.8, 4) is 11.1 Å². The third kappa shape index (κ3) is 4.92. The van der Waals surface area contributed by atoms with E-state index in [-0.39, 0.29) is 30.2 Å². The van der Waals surface area contributed by atoms with Gasteiger partial charge in [-0.25, -0.2) is 0 Å². The molecule has 0 radical (unpaired) electrons. The highest BCUT2D eigenvalue weighted by Crippen LogP contribution is 2.48. The number of carbonyl (C=O) groups excluding carboxylic acids is 2. The summed E-state index contributed by atoms with van der Waals surface area (Å²) in [5.41, 5.74) is 2.98. The normalized spacial score (nSPS) is 22.9. The minimum absolute atomic E-state index is 0.0848. The third-order valence-electron chi connectivity index (χ3n) is 6.31. The van der Waals surface area contributed by atoms with Gasteiger partial charge in [-0.15, -0.1) is 23.5 Å². The van der Waals surface area contributed by atoms with Crippen molar-refractivity contribution in [1.82, 2.24) is 10.2 Å². The molecule has 3 aromatic rings. The average Bonchev–Trinajstić information content (AvgIpc) is 2.89. The molecule has 2 heterocycles. The van der Waals surface area contributed by atoms with Crippen LogP contribution < -0.4 is 5.32 Å². The Morgan fingerprint density at radius 3 is 2.42 bits per heavy atom. The first-order chi connectivity index (χ1) is 17.4. The molecule has 0 bridgehead atoms. The van der Waals surface area contributed by atoms with Gasteiger partial charge >= 0.3 is 5.97 Å². The van der Waals surface area contributed by atoms with Gasteiger partial charge in [0.05, 0.1) is 6.42 Å². The smallest absolute Gasteiger partial charge is 0.322 e. The standard InChI is InChI=1S/C27H23BrN2O4S2/c28-20-14-19(18-9-5-2-6-10-18)11-12-21(20)36-27(26(33)34)15-30-24(32)23(25(30)35-16-27)29-22(31)13-17-7-3-1-4-8-17/h1-12,14,23,25H,13,15-16H2,(H,29,31)(H,33,34)/t23-,25-,27?/m1/s1. The van der Waals surface area contributed by atoms with Crippen molar-refractivity contribution in [3.63, 3.8) is 0 Å². The van der Waals surface area contributed by atoms with Crippen LogP contribution in [0.1, 0.15) is 5.56 Å². The van der Waals surface area contributed by atoms with E-state index in [0.717, 1.165) is 26.1 Å². The van der Waals surface area contributed by atoms with E-state index in [2.05, 4.69) is 21.2 Å². The number of benzene rings is 3. The minimum atomic E-state index is -1.19. The number of β-lactam (4-membered cyclic amide) rings is 1. The summed E-state index contributed by atoms with van der Waals surface area (Å²) in [5.74, 6) is -1.09. The molecule has 0 saturated carbocycles. The Labute approximate surface area is 226 Å². The molecule has 6 nitrogen and oxygen atoms in total. The number of aliphatic carboxylic acids is 1. The summed E-state index contributed by atoms with van der Waals surface area (Å²) < 4.78 is -0.380. The molecule has 2 aliphatic rings. The van der Waals surface area contributed by atoms with Crippen LogP contribution in [0.4, 0.5) is 0 Å². The van der Waals surface area contributed by atoms with Gasteiger partial charge in [0.25, 0.3) is 0 Å². The number of fused-ring (bicyclic) bond motifs is 1. The summed E-state index contributed by atoms with van der Waals surface area (Å²) in [6.07, 6.45) is 0.198. The van der Waals surface area contributed by atoms with Crippen molar-refractivity contribution >= 4 is 57.2 Å². The summed E-state index contributed by atoms with van der Waals surface area (Å²) >= 11 is 6.28. The lowest BCUT2D eigenvalue weighted by Gasteiger charge is -2.53. The van der Waals surface area contributed by atoms with Gasteiger partial charge in [-0.2, -0.15) is 0 Å². The van der Waals surface area contributed by atoms with E-state index in [0.29, 0.717) is 5.75 Å². The summed E-state index contributed by atoms with van der Waals surface area (Å²) in [6, 6.07) is 24.6. The van der Waals surface area contributed by atoms with Gasteiger partial charge in [-0.05, 0) is 44.8 Å². The Bertz CT molecular complexity index is 1310. The molecule has 3 aromatic carbocycles. The second kappa shape index (κ2) is 10.3. The van der Waals surface area contributed by atoms with Gasteiger partial charge < -0.3 is 15.3 Å². The number of amides is 2. The molecular weight excluding hydrogens is 560 g/mol. The molecule has 2 amide bonds. The van der Waals surface area contributed by atoms with Gasteiger partial charge in [0, 0.05) is 21.7 Å². The SMILES string of the molecule is O=C(Cc1ccccc1)N[C@@H]1C(=O)N2CC(Sc3ccc(-c4ccccc4)cc3Br)(C(=O)O)CS[C@H]12. The van der Waals surface area contributed by atoms with Gasteiger partial charge in [0.1, 0.15) is 16.2 Å². The fourth-order valence-electron chi connectivity index (χ4n) is 4.40. The number of hydrogen-bond acceptors (Lipinski definition) is 5. The van der Waals surface area contributed by atoms with E-state index in [4.69, 9.17) is 0 Å². The molecule has 2 saturated heterocycles. The van der Waals surface area contributed by atoms with Crippen molar-refractivity contribution < 1.29 is 19.5 Å². The summed E-state index contributed by atoms with van der Waals surface area (Å²) in [7, 11) is 0. The van der Waals surface area contributed by atoms with Crippen LogP contribution in [0.25, 0.3) is 11.1 Å². The zero-order valence-electron chi connectivity index (χ0n) is 19.1. The average molecular weight is 584 g/mol. The molecule has 184 valence electrons. The highest BCUT2D eigenvalue weighted by Gasteiger charge is 2.58. The van der Waals surface area contributed by atoms with E-state index in [1.807, 2.05) is 78.9 Å². The van der Waals surface area contributed by atoms with Crippen LogP contribution in [0, 0.1) is 0 Å². The quantitative estimate of drug-likeness (QED) is 0.393. The molecule has 2 fully saturated rings. The number of nitrogens with one attached hydrogen (secondary N) is 1. The van der Waals surface area contributed by atoms with Crippen LogP contribution in [0.15, 0.2) is 88.2 Å². The van der Waals surface area contributed by atoms with Crippen LogP contribution in [0.2, 0.25) is 0 Å². The van der Waals surface area contributed by atoms with Crippen molar-refractivity contribution in [1.29, 1.82) is 0 Å². The predicted octanol–water partition coefficient (Wildman–Crippen LogP) is 4.67. The number of hydrogen-bond donors (Lipinski definition) is 2. The summed E-state index contributed by atoms with van der Waals surface area (Å²) in [6.45, 7) is 0.0848. The predicted molar refractivity (Wildman–Crippen MR) is 146 cm³/mol. The largest absolute Gasteiger partial charge is 0.480 e. The molecular formula is C27H23BrN2O4S2. The summed E-state index contributed by atoms with van der Waals surface area (Å²) in [4.78, 5) is 40.2. The Kier molecular flexibility index (Phi) is 7.14. The van der Waals surface area contributed by atoms with E-state index >= 15 is 0 Å². The van der Waals surface area contributed by atoms with Gasteiger partial charge in [0.15, 0.2) is 0 Å². The lowest BCUT2D eigenvalue weighted by Crippen LogP contribution is -2.74. The maximum Gasteiger partial charge on any atom is 0.322 e. The number of carboxylic acid groups (broad SMARTS) is 1. The lowest BCUT2D eigenvalue weighted by molar-refractivity contribution is -0.152. The zero-order valence-corrected chi connectivity index (χ0v) is 22.3. The molecule has 0 aromatic heterocycles. The zero-order chi connectivity index (χ0) is 25.3. The molecule has 0 spiro atoms. The number of halogens is 1. The number of thioether (sulfide) groups is 2. The molecule has 36 heavy (non-hydrogen) atoms. The van der Waals surface area contributed by atoms with Crippen molar-refractivity contribution in [2.75, 3.05) is 12.3 Å². The molecule has 3 atom stereocenters. The monoisotopic (exact) mass is 582 g/mol. The van der Waals surface area contributed by atoms with Crippen LogP contribution in [0.5, 0.6) is 0 Å². The van der Waals surface area contributed by atoms with Gasteiger partial charge in [0.2, 0.25) is 11.8 Å². The number of rotatable bonds is 7. The maximum absolute atomic E-state index is 12.9. The number of carboxylic acids is 1. The Hall–Kier alpha value is -2.75. The van der Waals surface area contributed by atoms with E-state index in [1.165, 1.54) is 23.5 Å². The first-order valence-corrected chi connectivity index (χ1v) is 14.0. The molecule has 2 N–H and O–H groups in total. The van der Waals surface area contributed by atoms with Gasteiger partial charge in [-0.3, -0.25) is 14.4 Å². The van der Waals surface area contributed by atoms with Crippen LogP contribution in [-0.4, -0.2) is 56.3 Å². The van der Waals surface area contributed by atoms with Crippen molar-refractivity contribution in [3.05, 3.63) is 88.9 Å². The second-order valence-corrected chi connectivity index (χ2v) is 12.2. The van der Waals surface area contributed by atoms with Gasteiger partial charge in [-0.1, -0.05) is 66.7 Å². The van der Waals surface area contributed by atoms with Crippen LogP contribution in [0.3, 0.4) is 0 Å². The fraction of sp³-hybridized carbons (Fsp3) is 0.222. The van der Waals surface area contributed by atoms with E-state index < -0.39 is 16.8 Å². The molecule has 2 aliphatic heterocycles. The number of carbonyl (C=O) groups is 3. The number of nitrogens with zero attached hydrogens (tertiary/aromatic N) is 1. The Balaban J connectivity index is 1.27. The van der Waals surface area contributed by atoms with E-state index in [9.17, 15) is 19.5 Å². The highest BCUT2D eigenvalue weighted by molar-refractivity contribution is 9.10. The fourth-order valence-corrected chi connectivity index (χ4v) is 7.85. The topological polar surface area (TPSA) is 86.7 Å². The second-order valence-electron chi connectivity index (χ2n) is 8.79. The Morgan fingerprint density at radius 1 is 1.06 bits per heavy atom. The van der Waals surface area contributed by atoms with Crippen molar-refractivity contribution in [2.24, 2.45) is 0 Å². The molecule has 5 rings (SSSR count). The lowest BCUT2D eigenvalue weighted by atomic mass is 10.0. The molecule has 0 aliphatic carbocycles. The van der Waals surface area contributed by atoms with E-state index in [1.54, 1.807) is 4.90 Å². The summed E-state index contributed by atoms with van der Waals surface area (Å²) in [5, 5.41) is 12.8. The minimum Gasteiger partial charge on any atom is -0.480 e. The maximum atomic E-state index is 12.9. The molecule has 9 heteroatoms. The highest BCUT2D eigenvalue weighted by atomic mass is 79.9. The van der Waals surface area contributed by atoms with Crippen LogP contribution in [-0.2, 0) is 20.8 Å². The van der Waals surface area contributed by atoms with Crippen LogP contribution >= 0.6 is 39.5 Å². The first kappa shape index (κ1) is 24.9.